The van der Waals surface area contributed by atoms with Gasteiger partial charge in [0.15, 0.2) is 12.4 Å². The zero-order chi connectivity index (χ0) is 15.4. The molecule has 0 aromatic heterocycles. The smallest absolute Gasteiger partial charge is 0.329 e. The molecule has 0 spiro atoms. The number of nitro groups is 1. The third-order valence-electron chi connectivity index (χ3n) is 3.03. The first-order chi connectivity index (χ1) is 9.97. The Hall–Kier alpha value is -2.77. The van der Waals surface area contributed by atoms with E-state index in [0.29, 0.717) is 6.42 Å². The average Bonchev–Trinajstić information content (AvgIpc) is 2.91. The van der Waals surface area contributed by atoms with Crippen LogP contribution in [0.4, 0.5) is 5.69 Å². The van der Waals surface area contributed by atoms with Crippen LogP contribution in [-0.2, 0) is 14.3 Å². The van der Waals surface area contributed by atoms with Crippen LogP contribution in [0.2, 0.25) is 0 Å². The number of benzene rings is 1. The van der Waals surface area contributed by atoms with Gasteiger partial charge in [-0.2, -0.15) is 0 Å². The third kappa shape index (κ3) is 3.62. The van der Waals surface area contributed by atoms with Gasteiger partial charge in [-0.05, 0) is 18.6 Å². The maximum Gasteiger partial charge on any atom is 0.329 e. The minimum Gasteiger partial charge on any atom is -0.456 e. The molecule has 21 heavy (non-hydrogen) atoms. The fourth-order valence-electron chi connectivity index (χ4n) is 1.88. The van der Waals surface area contributed by atoms with Gasteiger partial charge in [-0.3, -0.25) is 19.7 Å². The quantitative estimate of drug-likeness (QED) is 0.367. The molecule has 8 nitrogen and oxygen atoms in total. The molecule has 1 atom stereocenters. The van der Waals surface area contributed by atoms with Crippen molar-refractivity contribution in [2.75, 3.05) is 6.61 Å². The molecule has 2 rings (SSSR count). The van der Waals surface area contributed by atoms with Gasteiger partial charge in [-0.25, -0.2) is 4.79 Å². The predicted octanol–water partition coefficient (Wildman–Crippen LogP) is 0.599. The molecular formula is C13H12N2O6. The molecule has 1 saturated heterocycles. The maximum absolute atomic E-state index is 11.8. The number of amides is 1. The lowest BCUT2D eigenvalue weighted by molar-refractivity contribution is -0.384. The zero-order valence-corrected chi connectivity index (χ0v) is 10.9. The largest absolute Gasteiger partial charge is 0.456 e. The van der Waals surface area contributed by atoms with E-state index < -0.39 is 29.3 Å². The SMILES string of the molecule is O=C1CCC(C(=O)OCC(=O)c2ccc([N+](=O)[O-])cc2)N1. The summed E-state index contributed by atoms with van der Waals surface area (Å²) in [5, 5.41) is 12.9. The number of carbonyl (C=O) groups is 3. The number of Topliss-reactive ketones (excluding diaryl/α,β-unsaturated/α-hetero) is 1. The fourth-order valence-corrected chi connectivity index (χ4v) is 1.88. The fraction of sp³-hybridized carbons (Fsp3) is 0.308. The molecule has 1 aromatic carbocycles. The monoisotopic (exact) mass is 292 g/mol. The number of nitrogens with one attached hydrogen (secondary N) is 1. The van der Waals surface area contributed by atoms with Crippen LogP contribution in [0, 0.1) is 10.1 Å². The Morgan fingerprint density at radius 1 is 1.33 bits per heavy atom. The average molecular weight is 292 g/mol. The van der Waals surface area contributed by atoms with E-state index in [0.717, 1.165) is 0 Å². The molecule has 0 aliphatic carbocycles. The Morgan fingerprint density at radius 2 is 2.00 bits per heavy atom. The van der Waals surface area contributed by atoms with Gasteiger partial charge in [0.2, 0.25) is 5.91 Å². The Bertz CT molecular complexity index is 595. The van der Waals surface area contributed by atoms with Gasteiger partial charge in [0.25, 0.3) is 5.69 Å². The molecule has 1 N–H and O–H groups in total. The van der Waals surface area contributed by atoms with Crippen molar-refractivity contribution in [3.05, 3.63) is 39.9 Å². The van der Waals surface area contributed by atoms with Crippen molar-refractivity contribution in [3.63, 3.8) is 0 Å². The van der Waals surface area contributed by atoms with Crippen LogP contribution in [0.15, 0.2) is 24.3 Å². The second kappa shape index (κ2) is 6.12. The van der Waals surface area contributed by atoms with Crippen LogP contribution in [0.3, 0.4) is 0 Å². The number of carbonyl (C=O) groups excluding carboxylic acids is 3. The van der Waals surface area contributed by atoms with E-state index in [1.165, 1.54) is 24.3 Å². The molecule has 110 valence electrons. The van der Waals surface area contributed by atoms with Crippen molar-refractivity contribution < 1.29 is 24.0 Å². The van der Waals surface area contributed by atoms with Crippen LogP contribution in [0.25, 0.3) is 0 Å². The molecule has 1 aliphatic heterocycles. The van der Waals surface area contributed by atoms with Crippen molar-refractivity contribution in [2.24, 2.45) is 0 Å². The molecular weight excluding hydrogens is 280 g/mol. The molecule has 1 amide bonds. The number of hydrogen-bond donors (Lipinski definition) is 1. The number of nitro benzene ring substituents is 1. The highest BCUT2D eigenvalue weighted by atomic mass is 16.6. The topological polar surface area (TPSA) is 116 Å². The minimum atomic E-state index is -0.706. The third-order valence-corrected chi connectivity index (χ3v) is 3.03. The second-order valence-electron chi connectivity index (χ2n) is 4.49. The van der Waals surface area contributed by atoms with E-state index >= 15 is 0 Å². The van der Waals surface area contributed by atoms with Crippen LogP contribution >= 0.6 is 0 Å². The molecule has 1 aromatic rings. The van der Waals surface area contributed by atoms with E-state index in [9.17, 15) is 24.5 Å². The molecule has 0 bridgehead atoms. The lowest BCUT2D eigenvalue weighted by atomic mass is 10.1. The number of ketones is 1. The summed E-state index contributed by atoms with van der Waals surface area (Å²) in [7, 11) is 0. The highest BCUT2D eigenvalue weighted by Crippen LogP contribution is 2.13. The first kappa shape index (κ1) is 14.6. The van der Waals surface area contributed by atoms with Crippen molar-refractivity contribution >= 4 is 23.3 Å². The first-order valence-corrected chi connectivity index (χ1v) is 6.21. The van der Waals surface area contributed by atoms with Crippen LogP contribution < -0.4 is 5.32 Å². The van der Waals surface area contributed by atoms with Crippen LogP contribution in [0.1, 0.15) is 23.2 Å². The number of nitrogens with zero attached hydrogens (tertiary/aromatic N) is 1. The van der Waals surface area contributed by atoms with Gasteiger partial charge in [0, 0.05) is 24.1 Å². The van der Waals surface area contributed by atoms with Gasteiger partial charge >= 0.3 is 5.97 Å². The Morgan fingerprint density at radius 3 is 2.52 bits per heavy atom. The Labute approximate surface area is 119 Å². The summed E-state index contributed by atoms with van der Waals surface area (Å²) >= 11 is 0. The lowest BCUT2D eigenvalue weighted by Crippen LogP contribution is -2.35. The normalized spacial score (nSPS) is 17.1. The van der Waals surface area contributed by atoms with E-state index in [-0.39, 0.29) is 23.6 Å². The number of ether oxygens (including phenoxy) is 1. The lowest BCUT2D eigenvalue weighted by Gasteiger charge is -2.09. The van der Waals surface area contributed by atoms with Gasteiger partial charge in [-0.15, -0.1) is 0 Å². The van der Waals surface area contributed by atoms with Gasteiger partial charge < -0.3 is 10.1 Å². The summed E-state index contributed by atoms with van der Waals surface area (Å²) in [6.45, 7) is -0.469. The molecule has 1 fully saturated rings. The summed E-state index contributed by atoms with van der Waals surface area (Å²) < 4.78 is 4.83. The minimum absolute atomic E-state index is 0.128. The Kier molecular flexibility index (Phi) is 4.27. The number of esters is 1. The number of rotatable bonds is 5. The van der Waals surface area contributed by atoms with Gasteiger partial charge in [-0.1, -0.05) is 0 Å². The zero-order valence-electron chi connectivity index (χ0n) is 10.9. The summed E-state index contributed by atoms with van der Waals surface area (Å²) in [5.41, 5.74) is 0.0843. The van der Waals surface area contributed by atoms with Crippen molar-refractivity contribution in [2.45, 2.75) is 18.9 Å². The van der Waals surface area contributed by atoms with Crippen molar-refractivity contribution in [1.82, 2.24) is 5.32 Å². The van der Waals surface area contributed by atoms with Gasteiger partial charge in [0.1, 0.15) is 6.04 Å². The Balaban J connectivity index is 1.88. The summed E-state index contributed by atoms with van der Waals surface area (Å²) in [6.07, 6.45) is 0.611. The van der Waals surface area contributed by atoms with Gasteiger partial charge in [0.05, 0.1) is 4.92 Å². The number of non-ortho nitro benzene ring substituents is 1. The molecule has 1 unspecified atom stereocenters. The molecule has 1 heterocycles. The first-order valence-electron chi connectivity index (χ1n) is 6.21. The maximum atomic E-state index is 11.8. The van der Waals surface area contributed by atoms with Crippen molar-refractivity contribution in [3.8, 4) is 0 Å². The van der Waals surface area contributed by atoms with E-state index in [1.807, 2.05) is 0 Å². The van der Waals surface area contributed by atoms with Crippen molar-refractivity contribution in [1.29, 1.82) is 0 Å². The summed E-state index contributed by atoms with van der Waals surface area (Å²) in [4.78, 5) is 44.2. The highest BCUT2D eigenvalue weighted by Gasteiger charge is 2.28. The molecule has 8 heteroatoms. The molecule has 0 saturated carbocycles. The highest BCUT2D eigenvalue weighted by molar-refractivity contribution is 5.98. The van der Waals surface area contributed by atoms with E-state index in [2.05, 4.69) is 5.32 Å². The standard InChI is InChI=1S/C13H12N2O6/c16-11(8-1-3-9(4-2-8)15(19)20)7-21-13(18)10-5-6-12(17)14-10/h1-4,10H,5-7H2,(H,14,17). The molecule has 0 radical (unpaired) electrons. The van der Waals surface area contributed by atoms with E-state index in [4.69, 9.17) is 4.74 Å². The van der Waals surface area contributed by atoms with E-state index in [1.54, 1.807) is 0 Å². The van der Waals surface area contributed by atoms with Crippen LogP contribution in [0.5, 0.6) is 0 Å². The number of hydrogen-bond acceptors (Lipinski definition) is 6. The van der Waals surface area contributed by atoms with Crippen LogP contribution in [-0.4, -0.2) is 35.2 Å². The summed E-state index contributed by atoms with van der Waals surface area (Å²) in [6, 6.07) is 4.29. The predicted molar refractivity (Wildman–Crippen MR) is 69.6 cm³/mol. The molecule has 1 aliphatic rings. The second-order valence-corrected chi connectivity index (χ2v) is 4.49. The summed E-state index contributed by atoms with van der Waals surface area (Å²) in [5.74, 6) is -1.35.